The highest BCUT2D eigenvalue weighted by atomic mass is 15.2. The number of pyridine rings is 3. The van der Waals surface area contributed by atoms with Gasteiger partial charge in [0.05, 0.1) is 11.4 Å². The highest BCUT2D eigenvalue weighted by Gasteiger charge is 2.26. The number of anilines is 4. The van der Waals surface area contributed by atoms with Gasteiger partial charge in [0.25, 0.3) is 0 Å². The number of hydrogen-bond acceptors (Lipinski definition) is 6. The number of allylic oxidation sites excluding steroid dienone is 16. The molecule has 2 bridgehead atoms. The first-order valence-corrected chi connectivity index (χ1v) is 21.9. The summed E-state index contributed by atoms with van der Waals surface area (Å²) in [6.45, 7) is 20.3. The molecule has 1 aromatic carbocycles. The van der Waals surface area contributed by atoms with E-state index in [9.17, 15) is 0 Å². The summed E-state index contributed by atoms with van der Waals surface area (Å²) < 4.78 is 0. The summed E-state index contributed by atoms with van der Waals surface area (Å²) in [7, 11) is 0. The van der Waals surface area contributed by atoms with Crippen LogP contribution in [0.5, 0.6) is 0 Å². The largest absolute Gasteiger partial charge is 0.310 e. The van der Waals surface area contributed by atoms with E-state index in [-0.39, 0.29) is 5.92 Å². The fourth-order valence-corrected chi connectivity index (χ4v) is 6.96. The second-order valence-electron chi connectivity index (χ2n) is 14.2. The first-order valence-electron chi connectivity index (χ1n) is 21.9. The number of aromatic nitrogens is 3. The predicted octanol–water partition coefficient (Wildman–Crippen LogP) is 15.2. The third-order valence-electron chi connectivity index (χ3n) is 9.99. The van der Waals surface area contributed by atoms with Gasteiger partial charge >= 0.3 is 0 Å². The molecule has 6 nitrogen and oxygen atoms in total. The topological polar surface area (TPSA) is 57.5 Å². The molecule has 0 aliphatic carbocycles. The molecule has 6 rings (SSSR count). The van der Waals surface area contributed by atoms with Crippen LogP contribution >= 0.6 is 0 Å². The van der Waals surface area contributed by atoms with E-state index in [1.165, 1.54) is 22.3 Å². The Hall–Kier alpha value is -6.88. The highest BCUT2D eigenvalue weighted by molar-refractivity contribution is 5.84. The molecule has 0 saturated carbocycles. The van der Waals surface area contributed by atoms with Crippen LogP contribution in [0.4, 0.5) is 22.7 Å². The van der Waals surface area contributed by atoms with Crippen molar-refractivity contribution in [3.8, 4) is 0 Å². The van der Waals surface area contributed by atoms with E-state index in [0.29, 0.717) is 0 Å². The van der Waals surface area contributed by atoms with Gasteiger partial charge in [0.2, 0.25) is 0 Å². The number of fused-ring (bicyclic) bond motifs is 3. The van der Waals surface area contributed by atoms with E-state index in [0.717, 1.165) is 71.0 Å². The Morgan fingerprint density at radius 2 is 1.58 bits per heavy atom. The lowest BCUT2D eigenvalue weighted by molar-refractivity contribution is 0.974. The van der Waals surface area contributed by atoms with Gasteiger partial charge in [-0.2, -0.15) is 0 Å². The van der Waals surface area contributed by atoms with Gasteiger partial charge in [-0.3, -0.25) is 19.9 Å². The highest BCUT2D eigenvalue weighted by Crippen LogP contribution is 2.41. The van der Waals surface area contributed by atoms with Crippen LogP contribution in [0.25, 0.3) is 0 Å². The van der Waals surface area contributed by atoms with Crippen LogP contribution < -0.4 is 9.80 Å². The summed E-state index contributed by atoms with van der Waals surface area (Å²) in [5.41, 5.74) is 16.7. The molecule has 318 valence electrons. The molecule has 0 N–H and O–H groups in total. The van der Waals surface area contributed by atoms with Crippen molar-refractivity contribution in [2.45, 2.75) is 87.0 Å². The lowest BCUT2D eigenvalue weighted by Gasteiger charge is -2.33. The number of benzene rings is 1. The maximum Gasteiger partial charge on any atom is 0.0534 e. The van der Waals surface area contributed by atoms with Crippen molar-refractivity contribution in [1.82, 2.24) is 15.0 Å². The fraction of sp³-hybridized carbons (Fsp3) is 0.232. The van der Waals surface area contributed by atoms with E-state index < -0.39 is 0 Å². The molecule has 1 atom stereocenters. The maximum absolute atomic E-state index is 4.46. The standard InChI is InChI=1S/C52H52N6.2C2H6/c1-6-9-17-46(57(48-25-30-53-31-26-48)51-28-33-54-37-41(51)5)18-11-10-14-40(4)19-20-42(8-3)15-12-16-43(13-7-2)35-44-21-23-47(24-22-44)58-49-27-32-55-38-45(36-49)50-39-56-34-29-52(50)58;2*1-2/h7,9,11-13,15-34,36-39,45H,1,8,10,14,35H2,2-5H3;2*1-2H3/b13-7-,15-12+,18-11-,40-19+,42-20+,43-16+,46-17+;;. The zero-order valence-electron chi connectivity index (χ0n) is 38.0. The van der Waals surface area contributed by atoms with Crippen LogP contribution in [0.1, 0.15) is 90.3 Å². The van der Waals surface area contributed by atoms with Gasteiger partial charge in [0, 0.05) is 83.8 Å². The minimum Gasteiger partial charge on any atom is -0.310 e. The van der Waals surface area contributed by atoms with Crippen LogP contribution in [-0.2, 0) is 6.42 Å². The smallest absolute Gasteiger partial charge is 0.0534 e. The Morgan fingerprint density at radius 3 is 2.31 bits per heavy atom. The SMILES string of the molecule is C=C=C/C=C(\C=C/CC/C(C)=C/C=C(/C=C/C=C(\C=C/C)Cc1ccc(N2C3=CC(C=NC=C3)c3cnccc32)cc1)CC)N(c1ccncc1)c1ccncc1C.CC.CC. The van der Waals surface area contributed by atoms with Gasteiger partial charge in [-0.1, -0.05) is 108 Å². The molecule has 5 heterocycles. The number of nitrogens with zero attached hydrogens (tertiary/aromatic N) is 6. The van der Waals surface area contributed by atoms with Gasteiger partial charge < -0.3 is 9.80 Å². The molecular weight excluding hydrogens is 757 g/mol. The van der Waals surface area contributed by atoms with E-state index in [1.807, 2.05) is 108 Å². The molecule has 62 heavy (non-hydrogen) atoms. The van der Waals surface area contributed by atoms with Crippen LogP contribution in [0, 0.1) is 6.92 Å². The summed E-state index contributed by atoms with van der Waals surface area (Å²) in [6, 6.07) is 17.0. The Morgan fingerprint density at radius 1 is 0.839 bits per heavy atom. The summed E-state index contributed by atoms with van der Waals surface area (Å²) in [5, 5.41) is 0. The molecule has 2 aliphatic rings. The summed E-state index contributed by atoms with van der Waals surface area (Å²) in [5.74, 6) is 0.128. The second kappa shape index (κ2) is 26.4. The summed E-state index contributed by atoms with van der Waals surface area (Å²) >= 11 is 0. The van der Waals surface area contributed by atoms with Crippen molar-refractivity contribution in [2.75, 3.05) is 9.80 Å². The predicted molar refractivity (Wildman–Crippen MR) is 267 cm³/mol. The van der Waals surface area contributed by atoms with Gasteiger partial charge in [-0.25, -0.2) is 0 Å². The number of hydrogen-bond donors (Lipinski definition) is 0. The van der Waals surface area contributed by atoms with Crippen molar-refractivity contribution >= 4 is 29.0 Å². The molecule has 4 aromatic rings. The lowest BCUT2D eigenvalue weighted by Crippen LogP contribution is -2.22. The first-order chi connectivity index (χ1) is 30.5. The van der Waals surface area contributed by atoms with Crippen LogP contribution in [0.3, 0.4) is 0 Å². The average Bonchev–Trinajstić information content (AvgIpc) is 3.53. The molecule has 0 fully saturated rings. The zero-order valence-corrected chi connectivity index (χ0v) is 38.0. The summed E-state index contributed by atoms with van der Waals surface area (Å²) in [6.07, 6.45) is 46.7. The normalized spacial score (nSPS) is 15.0. The van der Waals surface area contributed by atoms with Crippen molar-refractivity contribution in [2.24, 2.45) is 4.99 Å². The fourth-order valence-electron chi connectivity index (χ4n) is 6.96. The summed E-state index contributed by atoms with van der Waals surface area (Å²) in [4.78, 5) is 21.9. The van der Waals surface area contributed by atoms with Crippen LogP contribution in [0.2, 0.25) is 0 Å². The molecule has 6 heteroatoms. The molecule has 1 unspecified atom stereocenters. The van der Waals surface area contributed by atoms with Gasteiger partial charge in [-0.15, -0.1) is 5.73 Å². The Labute approximate surface area is 372 Å². The van der Waals surface area contributed by atoms with E-state index in [1.54, 1.807) is 0 Å². The molecule has 2 aliphatic heterocycles. The number of rotatable bonds is 16. The van der Waals surface area contributed by atoms with E-state index >= 15 is 0 Å². The minimum absolute atomic E-state index is 0.128. The van der Waals surface area contributed by atoms with Crippen molar-refractivity contribution in [1.29, 1.82) is 0 Å². The average molecular weight is 821 g/mol. The lowest BCUT2D eigenvalue weighted by atomic mass is 9.94. The second-order valence-corrected chi connectivity index (χ2v) is 14.2. The first kappa shape index (κ1) is 47.8. The molecule has 0 radical (unpaired) electrons. The van der Waals surface area contributed by atoms with Gasteiger partial charge in [0.1, 0.15) is 0 Å². The molecule has 0 spiro atoms. The number of aryl methyl sites for hydroxylation is 1. The van der Waals surface area contributed by atoms with Crippen molar-refractivity contribution < 1.29 is 0 Å². The quantitative estimate of drug-likeness (QED) is 0.0832. The van der Waals surface area contributed by atoms with Gasteiger partial charge in [0.15, 0.2) is 0 Å². The molecular formula is C56H64N6. The molecule has 0 amide bonds. The van der Waals surface area contributed by atoms with Crippen molar-refractivity contribution in [3.63, 3.8) is 0 Å². The Bertz CT molecular complexity index is 2390. The monoisotopic (exact) mass is 821 g/mol. The maximum atomic E-state index is 4.46. The third-order valence-corrected chi connectivity index (χ3v) is 9.99. The molecule has 3 aromatic heterocycles. The minimum atomic E-state index is 0.128. The van der Waals surface area contributed by atoms with Crippen LogP contribution in [-0.4, -0.2) is 21.2 Å². The Balaban J connectivity index is 0.00000205. The number of aliphatic imine (C=N–C) groups is 1. The van der Waals surface area contributed by atoms with Crippen molar-refractivity contribution in [3.05, 3.63) is 228 Å². The third kappa shape index (κ3) is 13.6. The van der Waals surface area contributed by atoms with E-state index in [2.05, 4.69) is 167 Å². The van der Waals surface area contributed by atoms with Crippen LogP contribution in [0.15, 0.2) is 216 Å². The zero-order chi connectivity index (χ0) is 44.5. The Kier molecular flexibility index (Phi) is 20.3. The van der Waals surface area contributed by atoms with E-state index in [4.69, 9.17) is 0 Å². The van der Waals surface area contributed by atoms with Gasteiger partial charge in [-0.05, 0) is 136 Å². The molecule has 0 saturated heterocycles.